The summed E-state index contributed by atoms with van der Waals surface area (Å²) in [4.78, 5) is 39.9. The van der Waals surface area contributed by atoms with Crippen molar-refractivity contribution >= 4 is 23.5 Å². The fourth-order valence-electron chi connectivity index (χ4n) is 5.02. The number of benzene rings is 1. The van der Waals surface area contributed by atoms with Gasteiger partial charge in [-0.3, -0.25) is 20.2 Å². The van der Waals surface area contributed by atoms with Crippen LogP contribution >= 0.6 is 0 Å². The second-order valence-corrected chi connectivity index (χ2v) is 8.22. The zero-order valence-corrected chi connectivity index (χ0v) is 17.1. The van der Waals surface area contributed by atoms with E-state index in [9.17, 15) is 23.2 Å². The summed E-state index contributed by atoms with van der Waals surface area (Å²) in [5.41, 5.74) is 0.134. The van der Waals surface area contributed by atoms with E-state index in [2.05, 4.69) is 20.8 Å². The summed E-state index contributed by atoms with van der Waals surface area (Å²) in [6.45, 7) is 4.08. The molecule has 0 unspecified atom stereocenters. The van der Waals surface area contributed by atoms with E-state index >= 15 is 0 Å². The molecular formula is C20H19F2N5O5. The zero-order valence-electron chi connectivity index (χ0n) is 17.1. The van der Waals surface area contributed by atoms with Crippen LogP contribution in [-0.4, -0.2) is 52.8 Å². The number of anilines is 1. The maximum atomic E-state index is 13.1. The maximum absolute atomic E-state index is 13.1. The minimum atomic E-state index is -2.90. The molecule has 0 aliphatic carbocycles. The molecule has 3 atom stereocenters. The van der Waals surface area contributed by atoms with Gasteiger partial charge in [-0.2, -0.15) is 8.78 Å². The van der Waals surface area contributed by atoms with Crippen LogP contribution in [0.15, 0.2) is 22.6 Å². The number of carbonyl (C=O) groups excluding carboxylic acids is 3. The number of carbonyl (C=O) groups is 3. The average molecular weight is 447 g/mol. The van der Waals surface area contributed by atoms with E-state index in [4.69, 9.17) is 9.15 Å². The lowest BCUT2D eigenvalue weighted by molar-refractivity contribution is -0.153. The Hall–Kier alpha value is -3.41. The van der Waals surface area contributed by atoms with Crippen molar-refractivity contribution in [2.45, 2.75) is 44.9 Å². The first-order chi connectivity index (χ1) is 15.2. The lowest BCUT2D eigenvalue weighted by Gasteiger charge is -2.55. The summed E-state index contributed by atoms with van der Waals surface area (Å²) in [5, 5.41) is 11.4. The molecule has 4 amide bonds. The van der Waals surface area contributed by atoms with Crippen molar-refractivity contribution in [3.05, 3.63) is 29.7 Å². The number of rotatable bonds is 2. The Balaban J connectivity index is 1.64. The number of halogens is 2. The van der Waals surface area contributed by atoms with E-state index in [1.165, 1.54) is 0 Å². The highest BCUT2D eigenvalue weighted by atomic mass is 19.3. The number of fused-ring (bicyclic) bond motifs is 4. The van der Waals surface area contributed by atoms with Crippen LogP contribution in [0.4, 0.5) is 19.3 Å². The number of imide groups is 2. The predicted molar refractivity (Wildman–Crippen MR) is 104 cm³/mol. The number of barbiturate groups is 1. The SMILES string of the molecule is C[C@@H]1CN2c3ccc(-c4nnc(C(F)F)o4)cc3CC3(C(=O)NC(=O)NC3=O)[C@H]2[C@H](C)O1. The molecule has 4 heterocycles. The number of amides is 4. The van der Waals surface area contributed by atoms with E-state index in [-0.39, 0.29) is 18.4 Å². The number of hydrogen-bond acceptors (Lipinski definition) is 8. The minimum absolute atomic E-state index is 0.0276. The van der Waals surface area contributed by atoms with Crippen LogP contribution in [0.1, 0.15) is 31.7 Å². The van der Waals surface area contributed by atoms with Gasteiger partial charge < -0.3 is 14.1 Å². The second-order valence-electron chi connectivity index (χ2n) is 8.22. The first-order valence-electron chi connectivity index (χ1n) is 10.0. The Morgan fingerprint density at radius 3 is 2.53 bits per heavy atom. The fourth-order valence-corrected chi connectivity index (χ4v) is 5.02. The van der Waals surface area contributed by atoms with Crippen molar-refractivity contribution in [1.82, 2.24) is 20.8 Å². The van der Waals surface area contributed by atoms with Gasteiger partial charge in [-0.05, 0) is 44.0 Å². The molecule has 2 fully saturated rings. The van der Waals surface area contributed by atoms with E-state index < -0.39 is 47.7 Å². The highest BCUT2D eigenvalue weighted by molar-refractivity contribution is 6.20. The predicted octanol–water partition coefficient (Wildman–Crippen LogP) is 1.56. The molecule has 1 aromatic heterocycles. The molecule has 1 spiro atoms. The molecule has 5 rings (SSSR count). The Bertz CT molecular complexity index is 1120. The average Bonchev–Trinajstić information content (AvgIpc) is 3.21. The molecule has 32 heavy (non-hydrogen) atoms. The number of aromatic nitrogens is 2. The Labute approximate surface area is 180 Å². The van der Waals surface area contributed by atoms with Crippen molar-refractivity contribution < 1.29 is 32.3 Å². The molecule has 0 saturated carbocycles. The molecule has 3 aliphatic rings. The molecule has 0 radical (unpaired) electrons. The molecule has 0 bridgehead atoms. The smallest absolute Gasteiger partial charge is 0.328 e. The topological polar surface area (TPSA) is 127 Å². The van der Waals surface area contributed by atoms with Gasteiger partial charge in [0.05, 0.1) is 18.2 Å². The fraction of sp³-hybridized carbons (Fsp3) is 0.450. The van der Waals surface area contributed by atoms with Gasteiger partial charge in [-0.1, -0.05) is 0 Å². The lowest BCUT2D eigenvalue weighted by atomic mass is 9.66. The van der Waals surface area contributed by atoms with Gasteiger partial charge in [0.15, 0.2) is 5.41 Å². The highest BCUT2D eigenvalue weighted by Crippen LogP contribution is 2.47. The third-order valence-electron chi connectivity index (χ3n) is 6.18. The minimum Gasteiger partial charge on any atom is -0.415 e. The van der Waals surface area contributed by atoms with Gasteiger partial charge in [0.2, 0.25) is 17.7 Å². The molecule has 10 nitrogen and oxygen atoms in total. The lowest BCUT2D eigenvalue weighted by Crippen LogP contribution is -2.75. The monoisotopic (exact) mass is 447 g/mol. The number of nitrogens with one attached hydrogen (secondary N) is 2. The van der Waals surface area contributed by atoms with E-state index in [1.54, 1.807) is 25.1 Å². The molecule has 3 aliphatic heterocycles. The van der Waals surface area contributed by atoms with Gasteiger partial charge in [-0.25, -0.2) is 4.79 Å². The maximum Gasteiger partial charge on any atom is 0.328 e. The van der Waals surface area contributed by atoms with E-state index in [0.717, 1.165) is 5.69 Å². The van der Waals surface area contributed by atoms with Gasteiger partial charge in [0.25, 0.3) is 5.89 Å². The Morgan fingerprint density at radius 2 is 1.88 bits per heavy atom. The molecule has 168 valence electrons. The van der Waals surface area contributed by atoms with E-state index in [1.807, 2.05) is 11.8 Å². The van der Waals surface area contributed by atoms with Crippen LogP contribution in [-0.2, 0) is 20.7 Å². The highest BCUT2D eigenvalue weighted by Gasteiger charge is 2.62. The third kappa shape index (κ3) is 2.89. The van der Waals surface area contributed by atoms with Crippen molar-refractivity contribution in [3.8, 4) is 11.5 Å². The Kier molecular flexibility index (Phi) is 4.52. The van der Waals surface area contributed by atoms with Gasteiger partial charge in [0.1, 0.15) is 0 Å². The largest absolute Gasteiger partial charge is 0.415 e. The molecule has 12 heteroatoms. The summed E-state index contributed by atoms with van der Waals surface area (Å²) in [6.07, 6.45) is -3.59. The molecule has 1 aromatic carbocycles. The van der Waals surface area contributed by atoms with Crippen molar-refractivity contribution in [3.63, 3.8) is 0 Å². The molecular weight excluding hydrogens is 428 g/mol. The van der Waals surface area contributed by atoms with Crippen LogP contribution in [0.5, 0.6) is 0 Å². The van der Waals surface area contributed by atoms with Crippen LogP contribution < -0.4 is 15.5 Å². The third-order valence-corrected chi connectivity index (χ3v) is 6.18. The number of ether oxygens (including phenoxy) is 1. The first-order valence-corrected chi connectivity index (χ1v) is 10.0. The van der Waals surface area contributed by atoms with Crippen LogP contribution in [0, 0.1) is 5.41 Å². The van der Waals surface area contributed by atoms with Crippen LogP contribution in [0.2, 0.25) is 0 Å². The normalized spacial score (nSPS) is 26.6. The molecule has 2 saturated heterocycles. The van der Waals surface area contributed by atoms with Gasteiger partial charge in [-0.15, -0.1) is 10.2 Å². The van der Waals surface area contributed by atoms with E-state index in [0.29, 0.717) is 17.7 Å². The van der Waals surface area contributed by atoms with Crippen LogP contribution in [0.25, 0.3) is 11.5 Å². The number of alkyl halides is 2. The van der Waals surface area contributed by atoms with Gasteiger partial charge in [0, 0.05) is 17.8 Å². The number of urea groups is 1. The Morgan fingerprint density at radius 1 is 1.16 bits per heavy atom. The molecule has 2 N–H and O–H groups in total. The van der Waals surface area contributed by atoms with Crippen molar-refractivity contribution in [1.29, 1.82) is 0 Å². The number of hydrogen-bond donors (Lipinski definition) is 2. The summed E-state index contributed by atoms with van der Waals surface area (Å²) >= 11 is 0. The molecule has 2 aromatic rings. The number of morpholine rings is 1. The standard InChI is InChI=1S/C20H19F2N5O5/c1-8-7-27-12-4-3-10(15-25-26-16(32-15)14(21)22)5-11(12)6-20(13(27)9(2)31-8)17(28)23-19(30)24-18(20)29/h3-5,8-9,13-14H,6-7H2,1-2H3,(H2,23,24,28,29,30)/t8-,9+,13-/m1/s1. The zero-order chi connectivity index (χ0) is 22.8. The van der Waals surface area contributed by atoms with Crippen molar-refractivity contribution in [2.75, 3.05) is 11.4 Å². The summed E-state index contributed by atoms with van der Waals surface area (Å²) < 4.78 is 36.7. The summed E-state index contributed by atoms with van der Waals surface area (Å²) in [6, 6.07) is 3.54. The first kappa shape index (κ1) is 20.5. The number of nitrogens with zero attached hydrogens (tertiary/aromatic N) is 3. The summed E-state index contributed by atoms with van der Waals surface area (Å²) in [7, 11) is 0. The summed E-state index contributed by atoms with van der Waals surface area (Å²) in [5.74, 6) is -2.31. The second kappa shape index (κ2) is 7.05. The van der Waals surface area contributed by atoms with Crippen LogP contribution in [0.3, 0.4) is 0 Å². The quantitative estimate of drug-likeness (QED) is 0.665. The van der Waals surface area contributed by atoms with Crippen molar-refractivity contribution in [2.24, 2.45) is 5.41 Å². The van der Waals surface area contributed by atoms with Gasteiger partial charge >= 0.3 is 12.5 Å².